The van der Waals surface area contributed by atoms with Crippen molar-refractivity contribution < 1.29 is 9.59 Å². The smallest absolute Gasteiger partial charge is 0.251 e. The van der Waals surface area contributed by atoms with E-state index in [9.17, 15) is 9.59 Å². The van der Waals surface area contributed by atoms with Gasteiger partial charge in [0.25, 0.3) is 5.91 Å². The highest BCUT2D eigenvalue weighted by atomic mass is 16.2. The first-order chi connectivity index (χ1) is 11.1. The summed E-state index contributed by atoms with van der Waals surface area (Å²) in [6.07, 6.45) is 2.53. The molecule has 0 unspecified atom stereocenters. The Morgan fingerprint density at radius 2 is 1.48 bits per heavy atom. The van der Waals surface area contributed by atoms with Crippen molar-refractivity contribution in [1.82, 2.24) is 0 Å². The van der Waals surface area contributed by atoms with Crippen LogP contribution < -0.4 is 10.6 Å². The molecule has 0 aromatic heterocycles. The SMILES string of the molecule is CC/C(=C\c1ccccc1)C(=O)Nc1ccc(NC(C)=O)cc1. The third-order valence-electron chi connectivity index (χ3n) is 3.28. The molecule has 2 aromatic carbocycles. The molecule has 0 aliphatic rings. The van der Waals surface area contributed by atoms with Crippen molar-refractivity contribution in [3.63, 3.8) is 0 Å². The number of carbonyl (C=O) groups excluding carboxylic acids is 2. The van der Waals surface area contributed by atoms with Crippen LogP contribution in [-0.2, 0) is 9.59 Å². The zero-order valence-corrected chi connectivity index (χ0v) is 13.3. The molecule has 0 bridgehead atoms. The van der Waals surface area contributed by atoms with Gasteiger partial charge < -0.3 is 10.6 Å². The summed E-state index contributed by atoms with van der Waals surface area (Å²) >= 11 is 0. The molecular formula is C19H20N2O2. The van der Waals surface area contributed by atoms with E-state index >= 15 is 0 Å². The Bertz CT molecular complexity index is 704. The highest BCUT2D eigenvalue weighted by Crippen LogP contribution is 2.16. The van der Waals surface area contributed by atoms with Crippen LogP contribution in [0.4, 0.5) is 11.4 Å². The predicted molar refractivity (Wildman–Crippen MR) is 94.1 cm³/mol. The number of hydrogen-bond donors (Lipinski definition) is 2. The Labute approximate surface area is 136 Å². The largest absolute Gasteiger partial charge is 0.326 e. The third-order valence-corrected chi connectivity index (χ3v) is 3.28. The van der Waals surface area contributed by atoms with Gasteiger partial charge in [-0.25, -0.2) is 0 Å². The molecule has 0 heterocycles. The average molecular weight is 308 g/mol. The van der Waals surface area contributed by atoms with E-state index in [4.69, 9.17) is 0 Å². The van der Waals surface area contributed by atoms with Crippen LogP contribution in [0.15, 0.2) is 60.2 Å². The highest BCUT2D eigenvalue weighted by Gasteiger charge is 2.08. The van der Waals surface area contributed by atoms with Crippen LogP contribution >= 0.6 is 0 Å². The van der Waals surface area contributed by atoms with Crippen molar-refractivity contribution in [3.8, 4) is 0 Å². The molecule has 23 heavy (non-hydrogen) atoms. The molecule has 2 N–H and O–H groups in total. The van der Waals surface area contributed by atoms with E-state index in [1.807, 2.05) is 43.3 Å². The Kier molecular flexibility index (Phi) is 5.69. The van der Waals surface area contributed by atoms with Crippen molar-refractivity contribution in [2.75, 3.05) is 10.6 Å². The zero-order chi connectivity index (χ0) is 16.7. The first kappa shape index (κ1) is 16.5. The second-order valence-electron chi connectivity index (χ2n) is 5.15. The van der Waals surface area contributed by atoms with Crippen molar-refractivity contribution in [2.24, 2.45) is 0 Å². The summed E-state index contributed by atoms with van der Waals surface area (Å²) in [6, 6.07) is 16.8. The second kappa shape index (κ2) is 7.94. The lowest BCUT2D eigenvalue weighted by molar-refractivity contribution is -0.114. The summed E-state index contributed by atoms with van der Waals surface area (Å²) in [4.78, 5) is 23.4. The molecule has 0 saturated carbocycles. The van der Waals surface area contributed by atoms with Gasteiger partial charge in [-0.3, -0.25) is 9.59 Å². The van der Waals surface area contributed by atoms with E-state index in [2.05, 4.69) is 10.6 Å². The molecule has 0 aliphatic heterocycles. The molecule has 2 rings (SSSR count). The minimum Gasteiger partial charge on any atom is -0.326 e. The number of hydrogen-bond acceptors (Lipinski definition) is 2. The molecule has 0 radical (unpaired) electrons. The molecule has 0 fully saturated rings. The fraction of sp³-hybridized carbons (Fsp3) is 0.158. The molecule has 4 nitrogen and oxygen atoms in total. The first-order valence-corrected chi connectivity index (χ1v) is 7.53. The highest BCUT2D eigenvalue weighted by molar-refractivity contribution is 6.06. The first-order valence-electron chi connectivity index (χ1n) is 7.53. The van der Waals surface area contributed by atoms with E-state index in [1.165, 1.54) is 6.92 Å². The van der Waals surface area contributed by atoms with Gasteiger partial charge in [0.1, 0.15) is 0 Å². The van der Waals surface area contributed by atoms with E-state index < -0.39 is 0 Å². The van der Waals surface area contributed by atoms with Crippen LogP contribution in [0.3, 0.4) is 0 Å². The van der Waals surface area contributed by atoms with Crippen molar-refractivity contribution in [1.29, 1.82) is 0 Å². The van der Waals surface area contributed by atoms with Gasteiger partial charge in [-0.05, 0) is 42.3 Å². The van der Waals surface area contributed by atoms with E-state index in [0.717, 1.165) is 5.56 Å². The van der Waals surface area contributed by atoms with Crippen molar-refractivity contribution in [2.45, 2.75) is 20.3 Å². The summed E-state index contributed by atoms with van der Waals surface area (Å²) in [5.41, 5.74) is 3.10. The quantitative estimate of drug-likeness (QED) is 0.818. The predicted octanol–water partition coefficient (Wildman–Crippen LogP) is 4.08. The number of nitrogens with one attached hydrogen (secondary N) is 2. The summed E-state index contributed by atoms with van der Waals surface area (Å²) < 4.78 is 0. The fourth-order valence-electron chi connectivity index (χ4n) is 2.13. The van der Waals surface area contributed by atoms with E-state index in [1.54, 1.807) is 24.3 Å². The Balaban J connectivity index is 2.07. The van der Waals surface area contributed by atoms with Crippen LogP contribution in [0.2, 0.25) is 0 Å². The molecule has 2 aromatic rings. The van der Waals surface area contributed by atoms with Gasteiger partial charge in [-0.1, -0.05) is 37.3 Å². The minimum atomic E-state index is -0.124. The van der Waals surface area contributed by atoms with Gasteiger partial charge in [-0.15, -0.1) is 0 Å². The van der Waals surface area contributed by atoms with Crippen LogP contribution in [0.1, 0.15) is 25.8 Å². The third kappa shape index (κ3) is 5.11. The number of rotatable bonds is 5. The van der Waals surface area contributed by atoms with Gasteiger partial charge in [0.2, 0.25) is 5.91 Å². The lowest BCUT2D eigenvalue weighted by atomic mass is 10.1. The molecule has 0 atom stereocenters. The van der Waals surface area contributed by atoms with Crippen LogP contribution in [0.5, 0.6) is 0 Å². The maximum absolute atomic E-state index is 12.4. The maximum Gasteiger partial charge on any atom is 0.251 e. The average Bonchev–Trinajstić information content (AvgIpc) is 2.55. The number of carbonyl (C=O) groups is 2. The molecule has 2 amide bonds. The van der Waals surface area contributed by atoms with Gasteiger partial charge in [0, 0.05) is 23.9 Å². The van der Waals surface area contributed by atoms with Crippen molar-refractivity contribution in [3.05, 3.63) is 65.7 Å². The summed E-state index contributed by atoms with van der Waals surface area (Å²) in [6.45, 7) is 3.41. The molecule has 118 valence electrons. The fourth-order valence-corrected chi connectivity index (χ4v) is 2.13. The van der Waals surface area contributed by atoms with Crippen LogP contribution in [-0.4, -0.2) is 11.8 Å². The van der Waals surface area contributed by atoms with Gasteiger partial charge in [0.15, 0.2) is 0 Å². The molecule has 0 saturated heterocycles. The zero-order valence-electron chi connectivity index (χ0n) is 13.3. The Morgan fingerprint density at radius 1 is 0.913 bits per heavy atom. The van der Waals surface area contributed by atoms with Gasteiger partial charge in [-0.2, -0.15) is 0 Å². The monoisotopic (exact) mass is 308 g/mol. The van der Waals surface area contributed by atoms with Gasteiger partial charge in [0.05, 0.1) is 0 Å². The maximum atomic E-state index is 12.4. The van der Waals surface area contributed by atoms with Crippen LogP contribution in [0.25, 0.3) is 6.08 Å². The number of benzene rings is 2. The molecule has 0 aliphatic carbocycles. The van der Waals surface area contributed by atoms with E-state index in [0.29, 0.717) is 23.4 Å². The normalized spacial score (nSPS) is 11.0. The summed E-state index contributed by atoms with van der Waals surface area (Å²) in [5, 5.41) is 5.56. The topological polar surface area (TPSA) is 58.2 Å². The second-order valence-corrected chi connectivity index (χ2v) is 5.15. The van der Waals surface area contributed by atoms with Gasteiger partial charge >= 0.3 is 0 Å². The molecule has 4 heteroatoms. The Morgan fingerprint density at radius 3 is 2.00 bits per heavy atom. The molecular weight excluding hydrogens is 288 g/mol. The minimum absolute atomic E-state index is 0.122. The number of anilines is 2. The summed E-state index contributed by atoms with van der Waals surface area (Å²) in [5.74, 6) is -0.246. The summed E-state index contributed by atoms with van der Waals surface area (Å²) in [7, 11) is 0. The standard InChI is InChI=1S/C19H20N2O2/c1-3-16(13-15-7-5-4-6-8-15)19(23)21-18-11-9-17(10-12-18)20-14(2)22/h4-13H,3H2,1-2H3,(H,20,22)(H,21,23)/b16-13+. The lowest BCUT2D eigenvalue weighted by Gasteiger charge is -2.09. The van der Waals surface area contributed by atoms with Crippen LogP contribution in [0, 0.1) is 0 Å². The van der Waals surface area contributed by atoms with Crippen molar-refractivity contribution >= 4 is 29.3 Å². The number of amides is 2. The van der Waals surface area contributed by atoms with E-state index in [-0.39, 0.29) is 11.8 Å². The molecule has 0 spiro atoms. The lowest BCUT2D eigenvalue weighted by Crippen LogP contribution is -2.14. The Hall–Kier alpha value is -2.88.